The van der Waals surface area contributed by atoms with Gasteiger partial charge in [0, 0.05) is 5.69 Å². The number of nitrogen functional groups attached to an aromatic ring is 1. The molecule has 8 nitrogen and oxygen atoms in total. The molecule has 0 bridgehead atoms. The number of ether oxygens (including phenoxy) is 2. The summed E-state index contributed by atoms with van der Waals surface area (Å²) in [6.07, 6.45) is 0.248. The van der Waals surface area contributed by atoms with Crippen LogP contribution in [0.5, 0.6) is 11.5 Å². The largest absolute Gasteiger partial charge is 0.485 e. The number of rotatable bonds is 7. The minimum absolute atomic E-state index is 0.139. The Kier molecular flexibility index (Phi) is 6.35. The molecule has 0 spiro atoms. The molecular weight excluding hydrogens is 450 g/mol. The van der Waals surface area contributed by atoms with Crippen molar-refractivity contribution in [3.05, 3.63) is 95.8 Å². The Morgan fingerprint density at radius 2 is 1.74 bits per heavy atom. The summed E-state index contributed by atoms with van der Waals surface area (Å²) < 4.78 is 13.1. The second kappa shape index (κ2) is 9.88. The van der Waals surface area contributed by atoms with Crippen LogP contribution in [0, 0.1) is 0 Å². The summed E-state index contributed by atoms with van der Waals surface area (Å²) in [6.45, 7) is 0.274. The Bertz CT molecular complexity index is 1290. The number of aromatic nitrogens is 3. The molecule has 3 N–H and O–H groups in total. The molecule has 4 aromatic rings. The van der Waals surface area contributed by atoms with E-state index in [1.54, 1.807) is 0 Å². The van der Waals surface area contributed by atoms with Crippen LogP contribution in [0.3, 0.4) is 0 Å². The summed E-state index contributed by atoms with van der Waals surface area (Å²) in [5.41, 5.74) is 3.02. The molecule has 0 aliphatic carbocycles. The lowest BCUT2D eigenvalue weighted by molar-refractivity contribution is -0.113. The molecule has 9 heteroatoms. The van der Waals surface area contributed by atoms with E-state index in [0.717, 1.165) is 17.7 Å². The molecule has 172 valence electrons. The number of hydrogen-bond acceptors (Lipinski definition) is 7. The van der Waals surface area contributed by atoms with E-state index >= 15 is 0 Å². The Morgan fingerprint density at radius 3 is 2.59 bits per heavy atom. The summed E-state index contributed by atoms with van der Waals surface area (Å²) >= 11 is 1.21. The van der Waals surface area contributed by atoms with E-state index in [4.69, 9.17) is 15.3 Å². The van der Waals surface area contributed by atoms with E-state index in [1.807, 2.05) is 66.7 Å². The normalized spacial score (nSPS) is 14.5. The zero-order chi connectivity index (χ0) is 23.3. The van der Waals surface area contributed by atoms with Gasteiger partial charge < -0.3 is 20.6 Å². The van der Waals surface area contributed by atoms with Crippen molar-refractivity contribution in [2.24, 2.45) is 0 Å². The zero-order valence-electron chi connectivity index (χ0n) is 18.3. The van der Waals surface area contributed by atoms with Crippen molar-refractivity contribution in [3.8, 4) is 11.5 Å². The second-order valence-electron chi connectivity index (χ2n) is 7.73. The summed E-state index contributed by atoms with van der Waals surface area (Å²) in [4.78, 5) is 12.7. The molecule has 1 atom stereocenters. The Labute approximate surface area is 201 Å². The maximum Gasteiger partial charge on any atom is 0.234 e. The molecule has 2 heterocycles. The fourth-order valence-electron chi connectivity index (χ4n) is 3.68. The van der Waals surface area contributed by atoms with Crippen LogP contribution in [0.25, 0.3) is 0 Å². The lowest BCUT2D eigenvalue weighted by atomic mass is 10.0. The molecule has 0 saturated carbocycles. The second-order valence-corrected chi connectivity index (χ2v) is 8.67. The lowest BCUT2D eigenvalue weighted by Crippen LogP contribution is -2.27. The number of fused-ring (bicyclic) bond motifs is 1. The van der Waals surface area contributed by atoms with Crippen molar-refractivity contribution in [3.63, 3.8) is 0 Å². The molecule has 1 amide bonds. The third-order valence-corrected chi connectivity index (χ3v) is 6.29. The average molecular weight is 474 g/mol. The SMILES string of the molecule is Nn1c(SCC(=O)Nc2ccccc2Cc2ccccc2)nnc1[C@H]1COc2ccccc2O1. The van der Waals surface area contributed by atoms with Crippen LogP contribution in [0.15, 0.2) is 84.0 Å². The number of amides is 1. The Hall–Kier alpha value is -3.98. The molecule has 1 aromatic heterocycles. The average Bonchev–Trinajstić information content (AvgIpc) is 3.24. The van der Waals surface area contributed by atoms with Gasteiger partial charge in [0.1, 0.15) is 6.61 Å². The standard InChI is InChI=1S/C25H23N5O3S/c26-30-24(22-15-32-20-12-6-7-13-21(20)33-22)28-29-25(30)34-16-23(31)27-19-11-5-4-10-18(19)14-17-8-2-1-3-9-17/h1-13,22H,14-16,26H2,(H,27,31)/t22-/m1/s1. The van der Waals surface area contributed by atoms with Gasteiger partial charge in [0.2, 0.25) is 11.1 Å². The molecule has 34 heavy (non-hydrogen) atoms. The predicted molar refractivity (Wildman–Crippen MR) is 131 cm³/mol. The Balaban J connectivity index is 1.21. The van der Waals surface area contributed by atoms with Crippen molar-refractivity contribution in [2.45, 2.75) is 17.7 Å². The van der Waals surface area contributed by atoms with Gasteiger partial charge in [-0.2, -0.15) is 0 Å². The molecular formula is C25H23N5O3S. The minimum atomic E-state index is -0.486. The Morgan fingerprint density at radius 1 is 1.00 bits per heavy atom. The van der Waals surface area contributed by atoms with Gasteiger partial charge in [0.25, 0.3) is 0 Å². The fraction of sp³-hybridized carbons (Fsp3) is 0.160. The molecule has 1 aliphatic heterocycles. The van der Waals surface area contributed by atoms with Crippen molar-refractivity contribution >= 4 is 23.4 Å². The summed E-state index contributed by atoms with van der Waals surface area (Å²) in [5.74, 6) is 7.94. The molecule has 0 fully saturated rings. The van der Waals surface area contributed by atoms with E-state index in [0.29, 0.717) is 22.5 Å². The van der Waals surface area contributed by atoms with Gasteiger partial charge >= 0.3 is 0 Å². The highest BCUT2D eigenvalue weighted by Crippen LogP contribution is 2.35. The van der Waals surface area contributed by atoms with Gasteiger partial charge in [-0.1, -0.05) is 72.4 Å². The highest BCUT2D eigenvalue weighted by Gasteiger charge is 2.28. The van der Waals surface area contributed by atoms with E-state index in [-0.39, 0.29) is 18.3 Å². The number of nitrogens with one attached hydrogen (secondary N) is 1. The number of thioether (sulfide) groups is 1. The van der Waals surface area contributed by atoms with Gasteiger partial charge in [-0.3, -0.25) is 4.79 Å². The smallest absolute Gasteiger partial charge is 0.234 e. The monoisotopic (exact) mass is 473 g/mol. The number of anilines is 1. The fourth-order valence-corrected chi connectivity index (χ4v) is 4.35. The maximum atomic E-state index is 12.7. The number of hydrogen-bond donors (Lipinski definition) is 2. The number of nitrogens with two attached hydrogens (primary N) is 1. The number of benzene rings is 3. The molecule has 1 aliphatic rings. The quantitative estimate of drug-likeness (QED) is 0.311. The maximum absolute atomic E-state index is 12.7. The minimum Gasteiger partial charge on any atom is -0.485 e. The van der Waals surface area contributed by atoms with E-state index in [2.05, 4.69) is 27.6 Å². The van der Waals surface area contributed by atoms with Crippen LogP contribution < -0.4 is 20.6 Å². The first kappa shape index (κ1) is 21.8. The number of nitrogens with zero attached hydrogens (tertiary/aromatic N) is 3. The lowest BCUT2D eigenvalue weighted by Gasteiger charge is -2.25. The zero-order valence-corrected chi connectivity index (χ0v) is 19.1. The van der Waals surface area contributed by atoms with E-state index in [1.165, 1.54) is 22.0 Å². The summed E-state index contributed by atoms with van der Waals surface area (Å²) in [6, 6.07) is 25.4. The van der Waals surface area contributed by atoms with Gasteiger partial charge in [-0.25, -0.2) is 4.68 Å². The number of carbonyl (C=O) groups is 1. The van der Waals surface area contributed by atoms with Gasteiger partial charge in [0.15, 0.2) is 23.4 Å². The van der Waals surface area contributed by atoms with Crippen LogP contribution in [-0.2, 0) is 11.2 Å². The van der Waals surface area contributed by atoms with Crippen molar-refractivity contribution < 1.29 is 14.3 Å². The molecule has 0 unspecified atom stereocenters. The van der Waals surface area contributed by atoms with Crippen LogP contribution in [0.2, 0.25) is 0 Å². The van der Waals surface area contributed by atoms with Crippen LogP contribution in [0.1, 0.15) is 23.1 Å². The van der Waals surface area contributed by atoms with Crippen molar-refractivity contribution in [2.75, 3.05) is 23.5 Å². The molecule has 0 saturated heterocycles. The first-order valence-electron chi connectivity index (χ1n) is 10.8. The molecule has 5 rings (SSSR count). The summed E-state index contributed by atoms with van der Waals surface area (Å²) in [7, 11) is 0. The predicted octanol–water partition coefficient (Wildman–Crippen LogP) is 3.83. The van der Waals surface area contributed by atoms with Crippen LogP contribution in [0.4, 0.5) is 5.69 Å². The van der Waals surface area contributed by atoms with Crippen LogP contribution >= 0.6 is 11.8 Å². The van der Waals surface area contributed by atoms with Gasteiger partial charge in [-0.05, 0) is 35.7 Å². The first-order chi connectivity index (χ1) is 16.7. The van der Waals surface area contributed by atoms with Crippen LogP contribution in [-0.4, -0.2) is 33.1 Å². The van der Waals surface area contributed by atoms with Crippen molar-refractivity contribution in [1.82, 2.24) is 14.9 Å². The topological polar surface area (TPSA) is 104 Å². The third kappa shape index (κ3) is 4.84. The summed E-state index contributed by atoms with van der Waals surface area (Å²) in [5, 5.41) is 11.7. The highest BCUT2D eigenvalue weighted by atomic mass is 32.2. The van der Waals surface area contributed by atoms with Crippen molar-refractivity contribution in [1.29, 1.82) is 0 Å². The number of para-hydroxylation sites is 3. The first-order valence-corrected chi connectivity index (χ1v) is 11.8. The molecule has 3 aromatic carbocycles. The molecule has 0 radical (unpaired) electrons. The van der Waals surface area contributed by atoms with Gasteiger partial charge in [-0.15, -0.1) is 10.2 Å². The highest BCUT2D eigenvalue weighted by molar-refractivity contribution is 7.99. The third-order valence-electron chi connectivity index (χ3n) is 5.35. The van der Waals surface area contributed by atoms with E-state index in [9.17, 15) is 4.79 Å². The van der Waals surface area contributed by atoms with Gasteiger partial charge in [0.05, 0.1) is 5.75 Å². The van der Waals surface area contributed by atoms with E-state index < -0.39 is 6.10 Å². The number of carbonyl (C=O) groups excluding carboxylic acids is 1.